The number of hydrogen-bond donors (Lipinski definition) is 1. The van der Waals surface area contributed by atoms with E-state index in [2.05, 4.69) is 39.9 Å². The third kappa shape index (κ3) is 3.40. The van der Waals surface area contributed by atoms with Crippen molar-refractivity contribution in [2.45, 2.75) is 29.6 Å². The first-order valence-corrected chi connectivity index (χ1v) is 9.48. The fraction of sp³-hybridized carbons (Fsp3) is 0.429. The molecule has 0 spiro atoms. The van der Waals surface area contributed by atoms with E-state index in [9.17, 15) is 0 Å². The first-order valence-electron chi connectivity index (χ1n) is 6.70. The van der Waals surface area contributed by atoms with Crippen LogP contribution in [0.15, 0.2) is 27.2 Å². The Morgan fingerprint density at radius 1 is 1.29 bits per heavy atom. The lowest BCUT2D eigenvalue weighted by Crippen LogP contribution is -2.22. The molecule has 2 heterocycles. The Hall–Kier alpha value is -0.660. The minimum atomic E-state index is 0.295. The summed E-state index contributed by atoms with van der Waals surface area (Å²) in [5, 5.41) is 5.72. The fourth-order valence-electron chi connectivity index (χ4n) is 2.14. The molecule has 4 nitrogen and oxygen atoms in total. The molecule has 21 heavy (non-hydrogen) atoms. The SMILES string of the molecule is CC1SCC(c2noc(-c3cc(N)cc(Br)c3)n2)SC1C. The van der Waals surface area contributed by atoms with Crippen molar-refractivity contribution < 1.29 is 4.52 Å². The second kappa shape index (κ2) is 6.22. The normalized spacial score (nSPS) is 26.0. The largest absolute Gasteiger partial charge is 0.399 e. The maximum Gasteiger partial charge on any atom is 0.258 e. The highest BCUT2D eigenvalue weighted by molar-refractivity contribution is 9.10. The average molecular weight is 386 g/mol. The zero-order valence-electron chi connectivity index (χ0n) is 11.7. The Bertz CT molecular complexity index is 629. The van der Waals surface area contributed by atoms with Crippen LogP contribution in [0.5, 0.6) is 0 Å². The van der Waals surface area contributed by atoms with Gasteiger partial charge in [-0.1, -0.05) is 34.9 Å². The van der Waals surface area contributed by atoms with E-state index in [1.54, 1.807) is 0 Å². The fourth-order valence-corrected chi connectivity index (χ4v) is 5.48. The summed E-state index contributed by atoms with van der Waals surface area (Å²) in [6.45, 7) is 4.52. The predicted octanol–water partition coefficient (Wildman–Crippen LogP) is 4.38. The summed E-state index contributed by atoms with van der Waals surface area (Å²) < 4.78 is 6.32. The van der Waals surface area contributed by atoms with Crippen molar-refractivity contribution in [3.05, 3.63) is 28.5 Å². The Morgan fingerprint density at radius 2 is 2.10 bits per heavy atom. The maximum atomic E-state index is 5.85. The minimum absolute atomic E-state index is 0.295. The number of halogens is 1. The number of rotatable bonds is 2. The second-order valence-electron chi connectivity index (χ2n) is 5.10. The lowest BCUT2D eigenvalue weighted by atomic mass is 10.2. The highest BCUT2D eigenvalue weighted by Gasteiger charge is 2.30. The van der Waals surface area contributed by atoms with E-state index < -0.39 is 0 Å². The van der Waals surface area contributed by atoms with Crippen molar-refractivity contribution in [3.63, 3.8) is 0 Å². The minimum Gasteiger partial charge on any atom is -0.399 e. The molecule has 3 atom stereocenters. The van der Waals surface area contributed by atoms with Gasteiger partial charge in [-0.05, 0) is 18.2 Å². The summed E-state index contributed by atoms with van der Waals surface area (Å²) in [4.78, 5) is 4.56. The van der Waals surface area contributed by atoms with Crippen molar-refractivity contribution in [1.82, 2.24) is 10.1 Å². The van der Waals surface area contributed by atoms with E-state index in [0.717, 1.165) is 21.6 Å². The van der Waals surface area contributed by atoms with Gasteiger partial charge in [0.15, 0.2) is 5.82 Å². The first-order chi connectivity index (χ1) is 10.0. The average Bonchev–Trinajstić information content (AvgIpc) is 2.90. The van der Waals surface area contributed by atoms with Crippen LogP contribution in [0.3, 0.4) is 0 Å². The molecule has 0 aliphatic carbocycles. The van der Waals surface area contributed by atoms with E-state index >= 15 is 0 Å². The van der Waals surface area contributed by atoms with Crippen molar-refractivity contribution in [3.8, 4) is 11.5 Å². The number of aromatic nitrogens is 2. The molecule has 0 bridgehead atoms. The zero-order valence-corrected chi connectivity index (χ0v) is 15.0. The monoisotopic (exact) mass is 385 g/mol. The molecule has 0 amide bonds. The van der Waals surface area contributed by atoms with Crippen LogP contribution < -0.4 is 5.73 Å². The zero-order chi connectivity index (χ0) is 15.0. The third-order valence-corrected chi connectivity index (χ3v) is 7.29. The van der Waals surface area contributed by atoms with E-state index in [4.69, 9.17) is 10.3 Å². The first kappa shape index (κ1) is 15.2. The molecule has 1 saturated heterocycles. The molecule has 1 aromatic carbocycles. The Morgan fingerprint density at radius 3 is 2.81 bits per heavy atom. The van der Waals surface area contributed by atoms with Gasteiger partial charge in [-0.2, -0.15) is 16.7 Å². The number of nitrogens with zero attached hydrogens (tertiary/aromatic N) is 2. The molecule has 3 rings (SSSR count). The number of hydrogen-bond acceptors (Lipinski definition) is 6. The maximum absolute atomic E-state index is 5.85. The Labute approximate surface area is 140 Å². The smallest absolute Gasteiger partial charge is 0.258 e. The summed E-state index contributed by atoms with van der Waals surface area (Å²) in [7, 11) is 0. The van der Waals surface area contributed by atoms with Gasteiger partial charge in [0.2, 0.25) is 0 Å². The van der Waals surface area contributed by atoms with Gasteiger partial charge in [0.25, 0.3) is 5.89 Å². The van der Waals surface area contributed by atoms with Gasteiger partial charge >= 0.3 is 0 Å². The number of benzene rings is 1. The number of anilines is 1. The van der Waals surface area contributed by atoms with Gasteiger partial charge < -0.3 is 10.3 Å². The topological polar surface area (TPSA) is 64.9 Å². The molecular weight excluding hydrogens is 370 g/mol. The van der Waals surface area contributed by atoms with E-state index in [0.29, 0.717) is 27.3 Å². The highest BCUT2D eigenvalue weighted by atomic mass is 79.9. The molecule has 3 unspecified atom stereocenters. The van der Waals surface area contributed by atoms with Crippen LogP contribution in [0.2, 0.25) is 0 Å². The molecule has 0 radical (unpaired) electrons. The summed E-state index contributed by atoms with van der Waals surface area (Å²) in [5.74, 6) is 2.32. The number of nitrogen functional groups attached to an aromatic ring is 1. The van der Waals surface area contributed by atoms with Crippen molar-refractivity contribution in [2.24, 2.45) is 0 Å². The van der Waals surface area contributed by atoms with Gasteiger partial charge in [-0.3, -0.25) is 0 Å². The lowest BCUT2D eigenvalue weighted by Gasteiger charge is -2.29. The Balaban J connectivity index is 1.83. The van der Waals surface area contributed by atoms with Crippen LogP contribution in [-0.2, 0) is 0 Å². The highest BCUT2D eigenvalue weighted by Crippen LogP contribution is 2.43. The summed E-state index contributed by atoms with van der Waals surface area (Å²) in [6, 6.07) is 5.62. The van der Waals surface area contributed by atoms with Crippen molar-refractivity contribution in [2.75, 3.05) is 11.5 Å². The van der Waals surface area contributed by atoms with E-state index in [1.807, 2.05) is 41.7 Å². The van der Waals surface area contributed by atoms with Crippen molar-refractivity contribution >= 4 is 45.1 Å². The molecule has 1 fully saturated rings. The van der Waals surface area contributed by atoms with Gasteiger partial charge in [-0.15, -0.1) is 11.8 Å². The molecule has 2 N–H and O–H groups in total. The van der Waals surface area contributed by atoms with Crippen LogP contribution in [0, 0.1) is 0 Å². The Kier molecular flexibility index (Phi) is 4.51. The molecule has 112 valence electrons. The van der Waals surface area contributed by atoms with Crippen LogP contribution in [0.1, 0.15) is 24.9 Å². The molecule has 2 aromatic rings. The summed E-state index contributed by atoms with van der Waals surface area (Å²) in [6.07, 6.45) is 0. The third-order valence-electron chi connectivity index (χ3n) is 3.45. The van der Waals surface area contributed by atoms with Crippen LogP contribution in [-0.4, -0.2) is 26.4 Å². The summed E-state index contributed by atoms with van der Waals surface area (Å²) >= 11 is 7.32. The molecular formula is C14H16BrN3OS2. The quantitative estimate of drug-likeness (QED) is 0.773. The number of thioether (sulfide) groups is 2. The van der Waals surface area contributed by atoms with Crippen LogP contribution in [0.4, 0.5) is 5.69 Å². The molecule has 1 aromatic heterocycles. The number of nitrogens with two attached hydrogens (primary N) is 1. The van der Waals surface area contributed by atoms with Gasteiger partial charge in [-0.25, -0.2) is 0 Å². The van der Waals surface area contributed by atoms with Crippen LogP contribution >= 0.6 is 39.5 Å². The van der Waals surface area contributed by atoms with Gasteiger partial charge in [0, 0.05) is 32.0 Å². The van der Waals surface area contributed by atoms with Gasteiger partial charge in [0.1, 0.15) is 0 Å². The van der Waals surface area contributed by atoms with E-state index in [1.165, 1.54) is 0 Å². The second-order valence-corrected chi connectivity index (χ2v) is 9.01. The van der Waals surface area contributed by atoms with Gasteiger partial charge in [0.05, 0.1) is 5.25 Å². The van der Waals surface area contributed by atoms with Crippen molar-refractivity contribution in [1.29, 1.82) is 0 Å². The van der Waals surface area contributed by atoms with Crippen LogP contribution in [0.25, 0.3) is 11.5 Å². The van der Waals surface area contributed by atoms with E-state index in [-0.39, 0.29) is 0 Å². The summed E-state index contributed by atoms with van der Waals surface area (Å²) in [5.41, 5.74) is 7.37. The predicted molar refractivity (Wildman–Crippen MR) is 93.6 cm³/mol. The molecule has 0 saturated carbocycles. The lowest BCUT2D eigenvalue weighted by molar-refractivity contribution is 0.423. The molecule has 1 aliphatic heterocycles. The standard InChI is InChI=1S/C14H16BrN3OS2/c1-7-8(2)21-12(6-20-7)13-17-14(19-18-13)9-3-10(15)5-11(16)4-9/h3-5,7-8,12H,6,16H2,1-2H3. The molecule has 1 aliphatic rings. The molecule has 7 heteroatoms.